The lowest BCUT2D eigenvalue weighted by Gasteiger charge is -2.12. The number of esters is 1. The molecule has 1 rings (SSSR count). The monoisotopic (exact) mass is 314 g/mol. The standard InChI is InChI=1S/C12H14N2O6S/c1-7(10(15)14-12(13)17)20-11(16)8-3-5-9(6-4-8)21(2,18)19/h3-7H,1-2H3,(H3,13,14,15,17)/t7-/m1/s1. The summed E-state index contributed by atoms with van der Waals surface area (Å²) in [7, 11) is -3.36. The van der Waals surface area contributed by atoms with Gasteiger partial charge in [0.25, 0.3) is 5.91 Å². The van der Waals surface area contributed by atoms with Crippen molar-refractivity contribution in [1.29, 1.82) is 0 Å². The number of amides is 3. The lowest BCUT2D eigenvalue weighted by atomic mass is 10.2. The highest BCUT2D eigenvalue weighted by molar-refractivity contribution is 7.90. The Hall–Kier alpha value is -2.42. The summed E-state index contributed by atoms with van der Waals surface area (Å²) in [6.45, 7) is 1.26. The Morgan fingerprint density at radius 2 is 1.71 bits per heavy atom. The summed E-state index contributed by atoms with van der Waals surface area (Å²) in [5, 5.41) is 1.77. The first-order valence-corrected chi connectivity index (χ1v) is 7.62. The van der Waals surface area contributed by atoms with Crippen molar-refractivity contribution < 1.29 is 27.5 Å². The van der Waals surface area contributed by atoms with Gasteiger partial charge >= 0.3 is 12.0 Å². The van der Waals surface area contributed by atoms with Crippen molar-refractivity contribution in [3.63, 3.8) is 0 Å². The zero-order valence-electron chi connectivity index (χ0n) is 11.3. The number of ether oxygens (including phenoxy) is 1. The van der Waals surface area contributed by atoms with Gasteiger partial charge in [-0.15, -0.1) is 0 Å². The van der Waals surface area contributed by atoms with Crippen LogP contribution in [-0.4, -0.2) is 38.7 Å². The molecule has 0 aromatic heterocycles. The number of rotatable bonds is 4. The molecule has 8 nitrogen and oxygen atoms in total. The van der Waals surface area contributed by atoms with E-state index in [1.807, 2.05) is 0 Å². The largest absolute Gasteiger partial charge is 0.449 e. The first kappa shape index (κ1) is 16.6. The number of urea groups is 1. The van der Waals surface area contributed by atoms with Crippen LogP contribution in [0.4, 0.5) is 4.79 Å². The third-order valence-corrected chi connectivity index (χ3v) is 3.55. The second-order valence-electron chi connectivity index (χ2n) is 4.20. The highest BCUT2D eigenvalue weighted by Crippen LogP contribution is 2.11. The van der Waals surface area contributed by atoms with Crippen molar-refractivity contribution in [2.75, 3.05) is 6.26 Å². The van der Waals surface area contributed by atoms with E-state index in [0.29, 0.717) is 0 Å². The molecule has 0 aliphatic carbocycles. The first-order chi connectivity index (χ1) is 9.61. The van der Waals surface area contributed by atoms with Gasteiger partial charge in [-0.05, 0) is 31.2 Å². The lowest BCUT2D eigenvalue weighted by Crippen LogP contribution is -2.42. The Bertz CT molecular complexity index is 665. The predicted molar refractivity (Wildman–Crippen MR) is 72.2 cm³/mol. The van der Waals surface area contributed by atoms with Crippen LogP contribution in [-0.2, 0) is 19.4 Å². The lowest BCUT2D eigenvalue weighted by molar-refractivity contribution is -0.127. The fraction of sp³-hybridized carbons (Fsp3) is 0.250. The van der Waals surface area contributed by atoms with Gasteiger partial charge in [-0.2, -0.15) is 0 Å². The van der Waals surface area contributed by atoms with Crippen LogP contribution >= 0.6 is 0 Å². The zero-order chi connectivity index (χ0) is 16.2. The molecule has 0 aliphatic rings. The van der Waals surface area contributed by atoms with Gasteiger partial charge in [-0.25, -0.2) is 18.0 Å². The van der Waals surface area contributed by atoms with Crippen molar-refractivity contribution in [1.82, 2.24) is 5.32 Å². The Morgan fingerprint density at radius 1 is 1.19 bits per heavy atom. The molecular formula is C12H14N2O6S. The highest BCUT2D eigenvalue weighted by atomic mass is 32.2. The molecule has 0 aliphatic heterocycles. The second-order valence-corrected chi connectivity index (χ2v) is 6.21. The van der Waals surface area contributed by atoms with E-state index < -0.39 is 33.8 Å². The number of carbonyl (C=O) groups excluding carboxylic acids is 3. The highest BCUT2D eigenvalue weighted by Gasteiger charge is 2.20. The summed E-state index contributed by atoms with van der Waals surface area (Å²) in [6, 6.07) is 3.97. The average molecular weight is 314 g/mol. The number of nitrogens with two attached hydrogens (primary N) is 1. The molecule has 1 atom stereocenters. The van der Waals surface area contributed by atoms with Gasteiger partial charge in [0.15, 0.2) is 15.9 Å². The van der Waals surface area contributed by atoms with Crippen molar-refractivity contribution in [3.8, 4) is 0 Å². The second kappa shape index (κ2) is 6.35. The third-order valence-electron chi connectivity index (χ3n) is 2.42. The van der Waals surface area contributed by atoms with Crippen LogP contribution < -0.4 is 11.1 Å². The number of benzene rings is 1. The molecule has 1 aromatic carbocycles. The van der Waals surface area contributed by atoms with E-state index in [1.54, 1.807) is 5.32 Å². The van der Waals surface area contributed by atoms with Crippen LogP contribution in [0.5, 0.6) is 0 Å². The van der Waals surface area contributed by atoms with Crippen molar-refractivity contribution in [3.05, 3.63) is 29.8 Å². The third kappa shape index (κ3) is 4.88. The van der Waals surface area contributed by atoms with Crippen molar-refractivity contribution in [2.24, 2.45) is 5.73 Å². The fourth-order valence-corrected chi connectivity index (χ4v) is 1.97. The summed E-state index contributed by atoms with van der Waals surface area (Å²) >= 11 is 0. The predicted octanol–water partition coefficient (Wildman–Crippen LogP) is -0.170. The maximum Gasteiger partial charge on any atom is 0.338 e. The van der Waals surface area contributed by atoms with E-state index in [0.717, 1.165) is 6.26 Å². The maximum absolute atomic E-state index is 11.7. The van der Waals surface area contributed by atoms with Crippen molar-refractivity contribution in [2.45, 2.75) is 17.9 Å². The number of hydrogen-bond donors (Lipinski definition) is 2. The smallest absolute Gasteiger partial charge is 0.338 e. The summed E-state index contributed by atoms with van der Waals surface area (Å²) in [5.41, 5.74) is 4.83. The van der Waals surface area contributed by atoms with Gasteiger partial charge in [0.2, 0.25) is 0 Å². The molecule has 0 saturated heterocycles. The van der Waals surface area contributed by atoms with Gasteiger partial charge in [0.05, 0.1) is 10.5 Å². The van der Waals surface area contributed by atoms with Crippen LogP contribution in [0.3, 0.4) is 0 Å². The molecular weight excluding hydrogens is 300 g/mol. The van der Waals surface area contributed by atoms with Crippen LogP contribution in [0.1, 0.15) is 17.3 Å². The zero-order valence-corrected chi connectivity index (χ0v) is 12.1. The molecule has 3 amide bonds. The number of hydrogen-bond acceptors (Lipinski definition) is 6. The number of sulfone groups is 1. The van der Waals surface area contributed by atoms with E-state index in [2.05, 4.69) is 0 Å². The molecule has 3 N–H and O–H groups in total. The normalized spacial score (nSPS) is 12.3. The molecule has 0 bridgehead atoms. The topological polar surface area (TPSA) is 133 Å². The first-order valence-electron chi connectivity index (χ1n) is 5.72. The summed E-state index contributed by atoms with van der Waals surface area (Å²) in [6.07, 6.45) is -0.184. The van der Waals surface area contributed by atoms with E-state index in [1.165, 1.54) is 31.2 Å². The van der Waals surface area contributed by atoms with Crippen LogP contribution in [0.2, 0.25) is 0 Å². The van der Waals surface area contributed by atoms with E-state index in [9.17, 15) is 22.8 Å². The van der Waals surface area contributed by atoms with Crippen molar-refractivity contribution >= 4 is 27.7 Å². The maximum atomic E-state index is 11.7. The minimum atomic E-state index is -3.36. The Balaban J connectivity index is 2.76. The van der Waals surface area contributed by atoms with Gasteiger partial charge < -0.3 is 10.5 Å². The van der Waals surface area contributed by atoms with E-state index in [-0.39, 0.29) is 10.5 Å². The minimum absolute atomic E-state index is 0.0542. The molecule has 0 radical (unpaired) electrons. The Labute approximate surface area is 121 Å². The van der Waals surface area contributed by atoms with Crippen LogP contribution in [0.15, 0.2) is 29.2 Å². The molecule has 0 heterocycles. The number of primary amides is 1. The van der Waals surface area contributed by atoms with Gasteiger partial charge in [0, 0.05) is 6.26 Å². The van der Waals surface area contributed by atoms with Crippen LogP contribution in [0.25, 0.3) is 0 Å². The minimum Gasteiger partial charge on any atom is -0.449 e. The molecule has 0 saturated carbocycles. The SMILES string of the molecule is C[C@@H](OC(=O)c1ccc(S(C)(=O)=O)cc1)C(=O)NC(N)=O. The molecule has 0 spiro atoms. The van der Waals surface area contributed by atoms with E-state index in [4.69, 9.17) is 10.5 Å². The quantitative estimate of drug-likeness (QED) is 0.741. The molecule has 1 aromatic rings. The number of imide groups is 1. The molecule has 114 valence electrons. The summed E-state index contributed by atoms with van der Waals surface area (Å²) < 4.78 is 27.4. The van der Waals surface area contributed by atoms with Gasteiger partial charge in [-0.1, -0.05) is 0 Å². The number of nitrogens with one attached hydrogen (secondary N) is 1. The number of carbonyl (C=O) groups is 3. The van der Waals surface area contributed by atoms with Gasteiger partial charge in [0.1, 0.15) is 0 Å². The Morgan fingerprint density at radius 3 is 2.14 bits per heavy atom. The molecule has 0 fully saturated rings. The summed E-state index contributed by atoms with van der Waals surface area (Å²) in [4.78, 5) is 33.6. The molecule has 9 heteroatoms. The average Bonchev–Trinajstić information content (AvgIpc) is 2.36. The Kier molecular flexibility index (Phi) is 5.03. The van der Waals surface area contributed by atoms with Gasteiger partial charge in [-0.3, -0.25) is 10.1 Å². The molecule has 0 unspecified atom stereocenters. The fourth-order valence-electron chi connectivity index (χ4n) is 1.34. The summed E-state index contributed by atoms with van der Waals surface area (Å²) in [5.74, 6) is -1.69. The van der Waals surface area contributed by atoms with Crippen LogP contribution in [0, 0.1) is 0 Å². The molecule has 21 heavy (non-hydrogen) atoms. The van der Waals surface area contributed by atoms with E-state index >= 15 is 0 Å².